The molecule has 3 amide bonds. The van der Waals surface area contributed by atoms with Crippen LogP contribution in [0.4, 0.5) is 4.79 Å². The van der Waals surface area contributed by atoms with Gasteiger partial charge in [-0.15, -0.1) is 29.3 Å². The summed E-state index contributed by atoms with van der Waals surface area (Å²) in [6.07, 6.45) is 1.63. The number of rotatable bonds is 6. The van der Waals surface area contributed by atoms with Gasteiger partial charge in [-0.05, 0) is 11.4 Å². The van der Waals surface area contributed by atoms with Crippen LogP contribution in [0.3, 0.4) is 0 Å². The van der Waals surface area contributed by atoms with Crippen LogP contribution in [0.1, 0.15) is 0 Å². The fourth-order valence-corrected chi connectivity index (χ4v) is 5.62. The highest BCUT2D eigenvalue weighted by molar-refractivity contribution is 7.99. The topological polar surface area (TPSA) is 84.3 Å². The Morgan fingerprint density at radius 3 is 2.93 bits per heavy atom. The van der Waals surface area contributed by atoms with E-state index in [1.165, 1.54) is 20.8 Å². The van der Waals surface area contributed by atoms with E-state index >= 15 is 0 Å². The van der Waals surface area contributed by atoms with Gasteiger partial charge in [-0.1, -0.05) is 23.9 Å². The van der Waals surface area contributed by atoms with Crippen molar-refractivity contribution in [2.24, 2.45) is 0 Å². The van der Waals surface area contributed by atoms with E-state index in [1.807, 2.05) is 22.9 Å². The van der Waals surface area contributed by atoms with Gasteiger partial charge in [0.05, 0.1) is 11.1 Å². The number of thioether (sulfide) groups is 1. The minimum atomic E-state index is -0.378. The van der Waals surface area contributed by atoms with Crippen molar-refractivity contribution in [2.45, 2.75) is 11.7 Å². The first kappa shape index (κ1) is 18.9. The van der Waals surface area contributed by atoms with Crippen LogP contribution < -0.4 is 10.9 Å². The predicted molar refractivity (Wildman–Crippen MR) is 113 cm³/mol. The number of hydrogen-bond donors (Lipinski definition) is 1. The molecule has 0 atom stereocenters. The molecule has 10 heteroatoms. The molecule has 0 bridgehead atoms. The van der Waals surface area contributed by atoms with Gasteiger partial charge < -0.3 is 5.32 Å². The zero-order valence-corrected chi connectivity index (χ0v) is 17.2. The summed E-state index contributed by atoms with van der Waals surface area (Å²) < 4.78 is 1.53. The minimum Gasteiger partial charge on any atom is -0.336 e. The molecule has 144 valence electrons. The summed E-state index contributed by atoms with van der Waals surface area (Å²) in [5.74, 6) is -0.268. The molecule has 0 spiro atoms. The highest BCUT2D eigenvalue weighted by Gasteiger charge is 2.26. The lowest BCUT2D eigenvalue weighted by molar-refractivity contribution is -0.124. The summed E-state index contributed by atoms with van der Waals surface area (Å²) in [5.41, 5.74) is 0.732. The van der Waals surface area contributed by atoms with Crippen LogP contribution >= 0.6 is 34.4 Å². The molecule has 0 radical (unpaired) electrons. The molecule has 4 heterocycles. The molecule has 0 unspecified atom stereocenters. The van der Waals surface area contributed by atoms with E-state index in [0.29, 0.717) is 35.0 Å². The van der Waals surface area contributed by atoms with Crippen molar-refractivity contribution in [2.75, 3.05) is 18.8 Å². The zero-order valence-electron chi connectivity index (χ0n) is 14.7. The molecule has 3 aromatic rings. The van der Waals surface area contributed by atoms with Crippen LogP contribution in [0.5, 0.6) is 0 Å². The average Bonchev–Trinajstić information content (AvgIpc) is 3.42. The molecular formula is C18H16N4O3S3. The fraction of sp³-hybridized carbons (Fsp3) is 0.222. The number of hydrogen-bond acceptors (Lipinski definition) is 7. The molecule has 0 saturated carbocycles. The van der Waals surface area contributed by atoms with Crippen LogP contribution in [-0.4, -0.2) is 45.2 Å². The number of allylic oxidation sites excluding steroid dienone is 1. The number of carbonyl (C=O) groups excluding carboxylic acids is 2. The molecule has 1 aliphatic heterocycles. The maximum absolute atomic E-state index is 13.2. The Hall–Kier alpha value is -2.43. The van der Waals surface area contributed by atoms with Crippen molar-refractivity contribution in [3.05, 3.63) is 45.9 Å². The van der Waals surface area contributed by atoms with Gasteiger partial charge >= 0.3 is 6.03 Å². The predicted octanol–water partition coefficient (Wildman–Crippen LogP) is 3.02. The first-order valence-corrected chi connectivity index (χ1v) is 11.2. The van der Waals surface area contributed by atoms with Gasteiger partial charge in [0.2, 0.25) is 5.91 Å². The van der Waals surface area contributed by atoms with Crippen LogP contribution in [0.25, 0.3) is 20.7 Å². The van der Waals surface area contributed by atoms with E-state index in [1.54, 1.807) is 17.4 Å². The Labute approximate surface area is 172 Å². The van der Waals surface area contributed by atoms with Crippen molar-refractivity contribution in [3.8, 4) is 10.4 Å². The maximum atomic E-state index is 13.2. The summed E-state index contributed by atoms with van der Waals surface area (Å²) in [6, 6.07) is 3.55. The van der Waals surface area contributed by atoms with E-state index in [4.69, 9.17) is 0 Å². The normalized spacial score (nSPS) is 13.9. The average molecular weight is 433 g/mol. The third kappa shape index (κ3) is 3.38. The summed E-state index contributed by atoms with van der Waals surface area (Å²) >= 11 is 4.15. The van der Waals surface area contributed by atoms with E-state index in [-0.39, 0.29) is 23.3 Å². The molecule has 28 heavy (non-hydrogen) atoms. The van der Waals surface area contributed by atoms with Crippen molar-refractivity contribution in [1.29, 1.82) is 0 Å². The Morgan fingerprint density at radius 1 is 1.39 bits per heavy atom. The largest absolute Gasteiger partial charge is 0.336 e. The van der Waals surface area contributed by atoms with Gasteiger partial charge in [0.15, 0.2) is 5.16 Å². The number of thiophene rings is 2. The minimum absolute atomic E-state index is 0.0334. The highest BCUT2D eigenvalue weighted by atomic mass is 32.2. The fourth-order valence-electron chi connectivity index (χ4n) is 2.93. The second kappa shape index (κ2) is 7.90. The van der Waals surface area contributed by atoms with Gasteiger partial charge in [-0.3, -0.25) is 19.1 Å². The summed E-state index contributed by atoms with van der Waals surface area (Å²) in [7, 11) is 0. The molecule has 3 aromatic heterocycles. The molecule has 1 fully saturated rings. The molecule has 1 saturated heterocycles. The number of carbonyl (C=O) groups is 2. The van der Waals surface area contributed by atoms with Gasteiger partial charge in [0.1, 0.15) is 4.83 Å². The summed E-state index contributed by atoms with van der Waals surface area (Å²) in [4.78, 5) is 44.6. The van der Waals surface area contributed by atoms with E-state index in [2.05, 4.69) is 16.9 Å². The molecular weight excluding hydrogens is 416 g/mol. The second-order valence-corrected chi connectivity index (χ2v) is 8.72. The van der Waals surface area contributed by atoms with Gasteiger partial charge in [-0.2, -0.15) is 0 Å². The van der Waals surface area contributed by atoms with Crippen molar-refractivity contribution in [3.63, 3.8) is 0 Å². The van der Waals surface area contributed by atoms with Crippen molar-refractivity contribution >= 4 is 56.6 Å². The van der Waals surface area contributed by atoms with Crippen molar-refractivity contribution in [1.82, 2.24) is 19.8 Å². The monoisotopic (exact) mass is 432 g/mol. The lowest BCUT2D eigenvalue weighted by Gasteiger charge is -2.13. The number of amides is 3. The SMILES string of the molecule is C=CCn1c(SCC(=O)N2CCNC2=O)nc2scc(-c3cccs3)c2c1=O. The van der Waals surface area contributed by atoms with E-state index in [9.17, 15) is 14.4 Å². The molecule has 0 aromatic carbocycles. The first-order chi connectivity index (χ1) is 13.6. The molecule has 1 N–H and O–H groups in total. The maximum Gasteiger partial charge on any atom is 0.324 e. The third-order valence-electron chi connectivity index (χ3n) is 4.24. The van der Waals surface area contributed by atoms with E-state index < -0.39 is 0 Å². The second-order valence-electron chi connectivity index (χ2n) is 5.97. The Balaban J connectivity index is 1.69. The lowest BCUT2D eigenvalue weighted by Crippen LogP contribution is -2.35. The number of nitrogens with zero attached hydrogens (tertiary/aromatic N) is 3. The first-order valence-electron chi connectivity index (χ1n) is 8.48. The number of nitrogens with one attached hydrogen (secondary N) is 1. The highest BCUT2D eigenvalue weighted by Crippen LogP contribution is 2.34. The number of aromatic nitrogens is 2. The van der Waals surface area contributed by atoms with Crippen molar-refractivity contribution < 1.29 is 9.59 Å². The Kier molecular flexibility index (Phi) is 5.33. The van der Waals surface area contributed by atoms with Crippen LogP contribution in [0, 0.1) is 0 Å². The molecule has 1 aliphatic rings. The third-order valence-corrected chi connectivity index (χ3v) is 6.98. The molecule has 7 nitrogen and oxygen atoms in total. The van der Waals surface area contributed by atoms with Crippen LogP contribution in [-0.2, 0) is 11.3 Å². The van der Waals surface area contributed by atoms with Gasteiger partial charge in [0, 0.05) is 35.5 Å². The van der Waals surface area contributed by atoms with Crippen LogP contribution in [0.2, 0.25) is 0 Å². The number of fused-ring (bicyclic) bond motifs is 1. The number of urea groups is 1. The summed E-state index contributed by atoms with van der Waals surface area (Å²) in [6.45, 7) is 4.84. The number of imide groups is 1. The quantitative estimate of drug-likeness (QED) is 0.368. The van der Waals surface area contributed by atoms with Crippen LogP contribution in [0.15, 0.2) is 45.5 Å². The molecule has 0 aliphatic carbocycles. The lowest BCUT2D eigenvalue weighted by atomic mass is 10.2. The Morgan fingerprint density at radius 2 is 2.25 bits per heavy atom. The standard InChI is InChI=1S/C18H16N4O3S3/c1-2-6-22-16(24)14-11(12-4-3-8-26-12)9-27-15(14)20-18(22)28-10-13(23)21-7-5-19-17(21)25/h2-4,8-9H,1,5-7,10H2,(H,19,25). The van der Waals surface area contributed by atoms with E-state index in [0.717, 1.165) is 22.2 Å². The molecule has 4 rings (SSSR count). The zero-order chi connectivity index (χ0) is 19.7. The summed E-state index contributed by atoms with van der Waals surface area (Å²) in [5, 5.41) is 7.55. The van der Waals surface area contributed by atoms with Gasteiger partial charge in [-0.25, -0.2) is 9.78 Å². The Bertz CT molecular complexity index is 1120. The smallest absolute Gasteiger partial charge is 0.324 e. The van der Waals surface area contributed by atoms with Gasteiger partial charge in [0.25, 0.3) is 5.56 Å².